The Labute approximate surface area is 124 Å². The number of aliphatic hydroxyl groups excluding tert-OH is 1. The molecule has 0 bridgehead atoms. The number of nitrogens with one attached hydrogen (secondary N) is 1. The van der Waals surface area contributed by atoms with Crippen LogP contribution in [0.3, 0.4) is 0 Å². The number of carbonyl (C=O) groups is 1. The zero-order valence-electron chi connectivity index (χ0n) is 12.4. The number of anilines is 1. The van der Waals surface area contributed by atoms with Gasteiger partial charge in [-0.1, -0.05) is 17.2 Å². The number of rotatable bonds is 4. The van der Waals surface area contributed by atoms with Crippen LogP contribution in [0, 0.1) is 13.8 Å². The first-order chi connectivity index (χ1) is 10.0. The summed E-state index contributed by atoms with van der Waals surface area (Å²) in [5, 5.41) is 12.1. The maximum atomic E-state index is 12.3. The third-order valence-electron chi connectivity index (χ3n) is 3.19. The molecule has 0 saturated carbocycles. The molecule has 0 aromatic heterocycles. The predicted molar refractivity (Wildman–Crippen MR) is 82.8 cm³/mol. The Balaban J connectivity index is 2.23. The molecule has 0 aliphatic heterocycles. The van der Waals surface area contributed by atoms with Crippen LogP contribution in [-0.4, -0.2) is 18.1 Å². The van der Waals surface area contributed by atoms with Crippen molar-refractivity contribution in [3.63, 3.8) is 0 Å². The van der Waals surface area contributed by atoms with Crippen molar-refractivity contribution < 1.29 is 14.6 Å². The molecule has 2 rings (SSSR count). The highest BCUT2D eigenvalue weighted by Gasteiger charge is 2.09. The van der Waals surface area contributed by atoms with Crippen molar-refractivity contribution in [2.45, 2.75) is 20.5 Å². The molecule has 0 unspecified atom stereocenters. The molecular formula is C17H19NO3. The van der Waals surface area contributed by atoms with E-state index in [-0.39, 0.29) is 12.5 Å². The Hall–Kier alpha value is -2.33. The van der Waals surface area contributed by atoms with Crippen molar-refractivity contribution in [3.8, 4) is 5.75 Å². The lowest BCUT2D eigenvalue weighted by Gasteiger charge is -2.11. The van der Waals surface area contributed by atoms with E-state index in [1.165, 1.54) is 0 Å². The monoisotopic (exact) mass is 285 g/mol. The van der Waals surface area contributed by atoms with Gasteiger partial charge in [0, 0.05) is 16.8 Å². The first kappa shape index (κ1) is 15.1. The van der Waals surface area contributed by atoms with Crippen molar-refractivity contribution >= 4 is 11.6 Å². The van der Waals surface area contributed by atoms with E-state index in [0.717, 1.165) is 11.1 Å². The average molecular weight is 285 g/mol. The first-order valence-corrected chi connectivity index (χ1v) is 6.71. The number of ether oxygens (including phenoxy) is 1. The van der Waals surface area contributed by atoms with E-state index >= 15 is 0 Å². The zero-order chi connectivity index (χ0) is 15.4. The van der Waals surface area contributed by atoms with Crippen LogP contribution < -0.4 is 10.1 Å². The summed E-state index contributed by atoms with van der Waals surface area (Å²) in [5.74, 6) is 0.428. The van der Waals surface area contributed by atoms with Crippen LogP contribution in [0.5, 0.6) is 5.75 Å². The fraction of sp³-hybridized carbons (Fsp3) is 0.235. The predicted octanol–water partition coefficient (Wildman–Crippen LogP) is 3.06. The largest absolute Gasteiger partial charge is 0.496 e. The van der Waals surface area contributed by atoms with E-state index in [1.807, 2.05) is 32.0 Å². The number of amides is 1. The Morgan fingerprint density at radius 1 is 1.14 bits per heavy atom. The van der Waals surface area contributed by atoms with E-state index in [4.69, 9.17) is 4.74 Å². The van der Waals surface area contributed by atoms with Crippen molar-refractivity contribution in [1.82, 2.24) is 0 Å². The molecule has 0 fully saturated rings. The zero-order valence-corrected chi connectivity index (χ0v) is 12.4. The van der Waals surface area contributed by atoms with Crippen LogP contribution in [0.25, 0.3) is 0 Å². The van der Waals surface area contributed by atoms with Gasteiger partial charge in [0.15, 0.2) is 0 Å². The molecule has 4 heteroatoms. The van der Waals surface area contributed by atoms with Gasteiger partial charge in [-0.3, -0.25) is 4.79 Å². The quantitative estimate of drug-likeness (QED) is 0.907. The van der Waals surface area contributed by atoms with Crippen molar-refractivity contribution in [3.05, 3.63) is 58.7 Å². The van der Waals surface area contributed by atoms with Crippen LogP contribution in [-0.2, 0) is 6.61 Å². The van der Waals surface area contributed by atoms with Gasteiger partial charge in [-0.05, 0) is 44.2 Å². The third-order valence-corrected chi connectivity index (χ3v) is 3.19. The summed E-state index contributed by atoms with van der Waals surface area (Å²) in [6.07, 6.45) is 0. The van der Waals surface area contributed by atoms with Crippen molar-refractivity contribution in [2.75, 3.05) is 12.4 Å². The molecule has 21 heavy (non-hydrogen) atoms. The van der Waals surface area contributed by atoms with Gasteiger partial charge in [-0.25, -0.2) is 0 Å². The highest BCUT2D eigenvalue weighted by atomic mass is 16.5. The van der Waals surface area contributed by atoms with Gasteiger partial charge in [-0.15, -0.1) is 0 Å². The van der Waals surface area contributed by atoms with E-state index in [1.54, 1.807) is 25.3 Å². The number of methoxy groups -OCH3 is 1. The standard InChI is InChI=1S/C17H19NO3/c1-11-6-12(2)8-13(7-11)17(20)18-15-4-5-16(21-3)14(9-15)10-19/h4-9,19H,10H2,1-3H3,(H,18,20). The van der Waals surface area contributed by atoms with Crippen LogP contribution in [0.2, 0.25) is 0 Å². The van der Waals surface area contributed by atoms with Gasteiger partial charge in [0.25, 0.3) is 5.91 Å². The molecule has 0 aliphatic rings. The molecule has 0 aliphatic carbocycles. The minimum atomic E-state index is -0.171. The van der Waals surface area contributed by atoms with Crippen molar-refractivity contribution in [1.29, 1.82) is 0 Å². The molecule has 2 aromatic rings. The molecule has 0 heterocycles. The second-order valence-corrected chi connectivity index (χ2v) is 5.02. The minimum Gasteiger partial charge on any atom is -0.496 e. The SMILES string of the molecule is COc1ccc(NC(=O)c2cc(C)cc(C)c2)cc1CO. The summed E-state index contributed by atoms with van der Waals surface area (Å²) in [6, 6.07) is 10.9. The van der Waals surface area contributed by atoms with E-state index in [2.05, 4.69) is 5.32 Å². The molecular weight excluding hydrogens is 266 g/mol. The van der Waals surface area contributed by atoms with E-state index in [9.17, 15) is 9.90 Å². The molecule has 0 saturated heterocycles. The Bertz CT molecular complexity index is 645. The normalized spacial score (nSPS) is 10.3. The Kier molecular flexibility index (Phi) is 4.60. The summed E-state index contributed by atoms with van der Waals surface area (Å²) in [7, 11) is 1.54. The molecule has 110 valence electrons. The third kappa shape index (κ3) is 3.61. The van der Waals surface area contributed by atoms with E-state index < -0.39 is 0 Å². The number of hydrogen-bond donors (Lipinski definition) is 2. The minimum absolute atomic E-state index is 0.142. The van der Waals surface area contributed by atoms with Crippen LogP contribution >= 0.6 is 0 Å². The number of carbonyl (C=O) groups excluding carboxylic acids is 1. The van der Waals surface area contributed by atoms with Gasteiger partial charge in [-0.2, -0.15) is 0 Å². The second-order valence-electron chi connectivity index (χ2n) is 5.02. The van der Waals surface area contributed by atoms with Gasteiger partial charge < -0.3 is 15.2 Å². The van der Waals surface area contributed by atoms with Crippen LogP contribution in [0.1, 0.15) is 27.0 Å². The Morgan fingerprint density at radius 3 is 2.38 bits per heavy atom. The fourth-order valence-corrected chi connectivity index (χ4v) is 2.29. The van der Waals surface area contributed by atoms with Crippen LogP contribution in [0.15, 0.2) is 36.4 Å². The summed E-state index contributed by atoms with van der Waals surface area (Å²) in [5.41, 5.74) is 3.98. The maximum Gasteiger partial charge on any atom is 0.255 e. The van der Waals surface area contributed by atoms with Gasteiger partial charge in [0.2, 0.25) is 0 Å². The summed E-state index contributed by atoms with van der Waals surface area (Å²) in [6.45, 7) is 3.78. The number of aryl methyl sites for hydroxylation is 2. The Morgan fingerprint density at radius 2 is 1.81 bits per heavy atom. The number of hydrogen-bond acceptors (Lipinski definition) is 3. The summed E-state index contributed by atoms with van der Waals surface area (Å²) >= 11 is 0. The lowest BCUT2D eigenvalue weighted by atomic mass is 10.1. The summed E-state index contributed by atoms with van der Waals surface area (Å²) in [4.78, 5) is 12.3. The van der Waals surface area contributed by atoms with Gasteiger partial charge in [0.05, 0.1) is 13.7 Å². The fourth-order valence-electron chi connectivity index (χ4n) is 2.29. The lowest BCUT2D eigenvalue weighted by molar-refractivity contribution is 0.102. The molecule has 4 nitrogen and oxygen atoms in total. The molecule has 1 amide bonds. The number of benzene rings is 2. The van der Waals surface area contributed by atoms with E-state index in [0.29, 0.717) is 22.6 Å². The first-order valence-electron chi connectivity index (χ1n) is 6.71. The molecule has 2 aromatic carbocycles. The molecule has 0 radical (unpaired) electrons. The van der Waals surface area contributed by atoms with Crippen LogP contribution in [0.4, 0.5) is 5.69 Å². The van der Waals surface area contributed by atoms with Gasteiger partial charge >= 0.3 is 0 Å². The number of aliphatic hydroxyl groups is 1. The maximum absolute atomic E-state index is 12.3. The highest BCUT2D eigenvalue weighted by molar-refractivity contribution is 6.04. The van der Waals surface area contributed by atoms with Gasteiger partial charge in [0.1, 0.15) is 5.75 Å². The molecule has 0 atom stereocenters. The highest BCUT2D eigenvalue weighted by Crippen LogP contribution is 2.23. The second kappa shape index (κ2) is 6.41. The molecule has 0 spiro atoms. The topological polar surface area (TPSA) is 58.6 Å². The lowest BCUT2D eigenvalue weighted by Crippen LogP contribution is -2.12. The average Bonchev–Trinajstić information content (AvgIpc) is 2.46. The summed E-state index contributed by atoms with van der Waals surface area (Å²) < 4.78 is 5.14. The smallest absolute Gasteiger partial charge is 0.255 e. The van der Waals surface area contributed by atoms with Crippen molar-refractivity contribution in [2.24, 2.45) is 0 Å². The molecule has 2 N–H and O–H groups in total.